The van der Waals surface area contributed by atoms with Crippen LogP contribution in [0.5, 0.6) is 5.75 Å². The fourth-order valence-corrected chi connectivity index (χ4v) is 2.35. The molecule has 2 aromatic rings. The van der Waals surface area contributed by atoms with Crippen LogP contribution >= 0.6 is 15.9 Å². The second-order valence-corrected chi connectivity index (χ2v) is 6.03. The molecule has 0 amide bonds. The Morgan fingerprint density at radius 3 is 2.68 bits per heavy atom. The molecule has 0 atom stereocenters. The van der Waals surface area contributed by atoms with Crippen molar-refractivity contribution in [1.29, 1.82) is 0 Å². The van der Waals surface area contributed by atoms with Gasteiger partial charge in [0.25, 0.3) is 5.56 Å². The molecule has 0 spiro atoms. The molecule has 0 bridgehead atoms. The standard InChI is InChI=1S/C16H20BrN3O2/c1-19(2)9-10-20-16(21)15(17)14(12-18-20)22-11-8-13-6-4-3-5-7-13/h3-7,12H,8-11H2,1-2H3. The monoisotopic (exact) mass is 365 g/mol. The Hall–Kier alpha value is -1.66. The Kier molecular flexibility index (Phi) is 6.15. The van der Waals surface area contributed by atoms with E-state index in [4.69, 9.17) is 4.74 Å². The first kappa shape index (κ1) is 16.7. The second-order valence-electron chi connectivity index (χ2n) is 5.24. The highest BCUT2D eigenvalue weighted by Crippen LogP contribution is 2.19. The van der Waals surface area contributed by atoms with Gasteiger partial charge in [-0.05, 0) is 35.6 Å². The third-order valence-corrected chi connectivity index (χ3v) is 3.93. The zero-order chi connectivity index (χ0) is 15.9. The molecular weight excluding hydrogens is 346 g/mol. The summed E-state index contributed by atoms with van der Waals surface area (Å²) in [5.74, 6) is 0.488. The molecule has 0 saturated carbocycles. The molecule has 0 radical (unpaired) electrons. The van der Waals surface area contributed by atoms with E-state index in [0.717, 1.165) is 13.0 Å². The van der Waals surface area contributed by atoms with Crippen LogP contribution in [0.1, 0.15) is 5.56 Å². The van der Waals surface area contributed by atoms with Crippen molar-refractivity contribution >= 4 is 15.9 Å². The molecule has 5 nitrogen and oxygen atoms in total. The highest BCUT2D eigenvalue weighted by Gasteiger charge is 2.10. The van der Waals surface area contributed by atoms with Crippen molar-refractivity contribution in [3.8, 4) is 5.75 Å². The predicted molar refractivity (Wildman–Crippen MR) is 90.4 cm³/mol. The molecule has 6 heteroatoms. The van der Waals surface area contributed by atoms with Crippen LogP contribution in [0.3, 0.4) is 0 Å². The quantitative estimate of drug-likeness (QED) is 0.754. The molecule has 118 valence electrons. The summed E-state index contributed by atoms with van der Waals surface area (Å²) >= 11 is 3.31. The Morgan fingerprint density at radius 2 is 2.00 bits per heavy atom. The number of likely N-dealkylation sites (N-methyl/N-ethyl adjacent to an activating group) is 1. The maximum atomic E-state index is 12.2. The number of hydrogen-bond acceptors (Lipinski definition) is 4. The Labute approximate surface area is 138 Å². The zero-order valence-corrected chi connectivity index (χ0v) is 14.4. The van der Waals surface area contributed by atoms with Crippen molar-refractivity contribution in [1.82, 2.24) is 14.7 Å². The van der Waals surface area contributed by atoms with Crippen molar-refractivity contribution in [3.05, 3.63) is 56.9 Å². The lowest BCUT2D eigenvalue weighted by Gasteiger charge is -2.12. The van der Waals surface area contributed by atoms with E-state index in [9.17, 15) is 4.79 Å². The lowest BCUT2D eigenvalue weighted by molar-refractivity contribution is 0.312. The molecule has 1 aromatic heterocycles. The van der Waals surface area contributed by atoms with E-state index >= 15 is 0 Å². The minimum Gasteiger partial charge on any atom is -0.490 e. The summed E-state index contributed by atoms with van der Waals surface area (Å²) in [7, 11) is 3.92. The van der Waals surface area contributed by atoms with Gasteiger partial charge < -0.3 is 9.64 Å². The number of benzene rings is 1. The van der Waals surface area contributed by atoms with Gasteiger partial charge in [0.1, 0.15) is 4.47 Å². The summed E-state index contributed by atoms with van der Waals surface area (Å²) in [6.07, 6.45) is 2.38. The SMILES string of the molecule is CN(C)CCn1ncc(OCCc2ccccc2)c(Br)c1=O. The number of hydrogen-bond donors (Lipinski definition) is 0. The van der Waals surface area contributed by atoms with Gasteiger partial charge in [-0.25, -0.2) is 4.68 Å². The van der Waals surface area contributed by atoms with Gasteiger partial charge >= 0.3 is 0 Å². The topological polar surface area (TPSA) is 47.4 Å². The van der Waals surface area contributed by atoms with Gasteiger partial charge in [0.05, 0.1) is 19.3 Å². The minimum atomic E-state index is -0.168. The van der Waals surface area contributed by atoms with E-state index in [-0.39, 0.29) is 5.56 Å². The van der Waals surface area contributed by atoms with E-state index < -0.39 is 0 Å². The van der Waals surface area contributed by atoms with Crippen molar-refractivity contribution in [2.45, 2.75) is 13.0 Å². The van der Waals surface area contributed by atoms with E-state index in [1.807, 2.05) is 37.2 Å². The second kappa shape index (κ2) is 8.10. The first-order valence-corrected chi connectivity index (χ1v) is 7.94. The first-order valence-electron chi connectivity index (χ1n) is 7.15. The lowest BCUT2D eigenvalue weighted by Crippen LogP contribution is -2.29. The van der Waals surface area contributed by atoms with Crippen LogP contribution in [-0.4, -0.2) is 41.9 Å². The maximum Gasteiger partial charge on any atom is 0.284 e. The molecule has 0 aliphatic heterocycles. The molecular formula is C16H20BrN3O2. The summed E-state index contributed by atoms with van der Waals surface area (Å²) in [4.78, 5) is 14.2. The van der Waals surface area contributed by atoms with Gasteiger partial charge in [-0.2, -0.15) is 5.10 Å². The highest BCUT2D eigenvalue weighted by atomic mass is 79.9. The number of rotatable bonds is 7. The van der Waals surface area contributed by atoms with Gasteiger partial charge in [-0.3, -0.25) is 4.79 Å². The van der Waals surface area contributed by atoms with Gasteiger partial charge in [0.15, 0.2) is 5.75 Å². The van der Waals surface area contributed by atoms with E-state index in [1.54, 1.807) is 6.20 Å². The molecule has 0 aliphatic carbocycles. The van der Waals surface area contributed by atoms with Crippen LogP contribution in [0.25, 0.3) is 0 Å². The Balaban J connectivity index is 1.97. The zero-order valence-electron chi connectivity index (χ0n) is 12.8. The maximum absolute atomic E-state index is 12.2. The van der Waals surface area contributed by atoms with Gasteiger partial charge in [0, 0.05) is 13.0 Å². The van der Waals surface area contributed by atoms with Crippen molar-refractivity contribution in [2.24, 2.45) is 0 Å². The molecule has 22 heavy (non-hydrogen) atoms. The summed E-state index contributed by atoms with van der Waals surface area (Å²) in [5, 5.41) is 4.16. The lowest BCUT2D eigenvalue weighted by atomic mass is 10.2. The number of aromatic nitrogens is 2. The largest absolute Gasteiger partial charge is 0.490 e. The molecule has 0 fully saturated rings. The Bertz CT molecular complexity index is 656. The minimum absolute atomic E-state index is 0.168. The van der Waals surface area contributed by atoms with Crippen LogP contribution in [0.2, 0.25) is 0 Å². The molecule has 0 N–H and O–H groups in total. The van der Waals surface area contributed by atoms with E-state index in [0.29, 0.717) is 23.4 Å². The van der Waals surface area contributed by atoms with Crippen LogP contribution < -0.4 is 10.3 Å². The van der Waals surface area contributed by atoms with Crippen LogP contribution in [0.4, 0.5) is 0 Å². The number of ether oxygens (including phenoxy) is 1. The number of halogens is 1. The molecule has 1 aromatic carbocycles. The first-order chi connectivity index (χ1) is 10.6. The van der Waals surface area contributed by atoms with Crippen molar-refractivity contribution < 1.29 is 4.74 Å². The van der Waals surface area contributed by atoms with Crippen molar-refractivity contribution in [2.75, 3.05) is 27.2 Å². The third-order valence-electron chi connectivity index (χ3n) is 3.20. The van der Waals surface area contributed by atoms with Crippen LogP contribution in [0, 0.1) is 0 Å². The predicted octanol–water partition coefficient (Wildman–Crippen LogP) is 2.19. The van der Waals surface area contributed by atoms with E-state index in [1.165, 1.54) is 10.2 Å². The number of nitrogens with zero attached hydrogens (tertiary/aromatic N) is 3. The molecule has 1 heterocycles. The van der Waals surface area contributed by atoms with Crippen molar-refractivity contribution in [3.63, 3.8) is 0 Å². The summed E-state index contributed by atoms with van der Waals surface area (Å²) < 4.78 is 7.53. The molecule has 2 rings (SSSR count). The summed E-state index contributed by atoms with van der Waals surface area (Å²) in [5.41, 5.74) is 1.03. The third kappa shape index (κ3) is 4.68. The fourth-order valence-electron chi connectivity index (χ4n) is 1.93. The van der Waals surface area contributed by atoms with Gasteiger partial charge in [-0.1, -0.05) is 30.3 Å². The normalized spacial score (nSPS) is 10.9. The Morgan fingerprint density at radius 1 is 1.27 bits per heavy atom. The summed E-state index contributed by atoms with van der Waals surface area (Å²) in [6.45, 7) is 1.81. The fraction of sp³-hybridized carbons (Fsp3) is 0.375. The van der Waals surface area contributed by atoms with Gasteiger partial charge in [-0.15, -0.1) is 0 Å². The van der Waals surface area contributed by atoms with Crippen LogP contribution in [0.15, 0.2) is 45.8 Å². The smallest absolute Gasteiger partial charge is 0.284 e. The molecule has 0 aliphatic rings. The summed E-state index contributed by atoms with van der Waals surface area (Å²) in [6, 6.07) is 10.1. The van der Waals surface area contributed by atoms with Crippen LogP contribution in [-0.2, 0) is 13.0 Å². The molecule has 0 saturated heterocycles. The average molecular weight is 366 g/mol. The average Bonchev–Trinajstić information content (AvgIpc) is 2.51. The van der Waals surface area contributed by atoms with Gasteiger partial charge in [0.2, 0.25) is 0 Å². The highest BCUT2D eigenvalue weighted by molar-refractivity contribution is 9.10. The molecule has 0 unspecified atom stereocenters. The van der Waals surface area contributed by atoms with E-state index in [2.05, 4.69) is 33.2 Å².